The summed E-state index contributed by atoms with van der Waals surface area (Å²) < 4.78 is 5.32. The lowest BCUT2D eigenvalue weighted by molar-refractivity contribution is 0.102. The molecule has 6 nitrogen and oxygen atoms in total. The van der Waals surface area contributed by atoms with Crippen LogP contribution >= 0.6 is 23.6 Å². The number of hydrogen-bond acceptors (Lipinski definition) is 6. The molecule has 3 aromatic rings. The molecule has 0 spiro atoms. The van der Waals surface area contributed by atoms with Gasteiger partial charge in [-0.1, -0.05) is 6.92 Å². The van der Waals surface area contributed by atoms with Gasteiger partial charge < -0.3 is 9.40 Å². The Morgan fingerprint density at radius 3 is 3.27 bits per heavy atom. The SMILES string of the molecule is CC1CCCN(Cc2csc(NC(=O)c3ccc4oc(=S)[nH]c4c3)n2)C1. The number of hydrogen-bond donors (Lipinski definition) is 2. The number of rotatable bonds is 4. The molecule has 2 N–H and O–H groups in total. The molecule has 1 fully saturated rings. The molecule has 4 rings (SSSR count). The zero-order valence-corrected chi connectivity index (χ0v) is 16.1. The van der Waals surface area contributed by atoms with Gasteiger partial charge in [-0.25, -0.2) is 4.98 Å². The summed E-state index contributed by atoms with van der Waals surface area (Å²) in [6, 6.07) is 5.18. The summed E-state index contributed by atoms with van der Waals surface area (Å²) >= 11 is 6.43. The van der Waals surface area contributed by atoms with Crippen molar-refractivity contribution in [2.45, 2.75) is 26.3 Å². The summed E-state index contributed by atoms with van der Waals surface area (Å²) in [6.45, 7) is 5.37. The highest BCUT2D eigenvalue weighted by Crippen LogP contribution is 2.22. The third-order valence-electron chi connectivity index (χ3n) is 4.58. The number of nitrogens with zero attached hydrogens (tertiary/aromatic N) is 2. The van der Waals surface area contributed by atoms with Crippen LogP contribution in [0.1, 0.15) is 35.8 Å². The number of benzene rings is 1. The molecule has 1 aliphatic heterocycles. The number of likely N-dealkylation sites (tertiary alicyclic amines) is 1. The van der Waals surface area contributed by atoms with E-state index in [1.54, 1.807) is 18.2 Å². The largest absolute Gasteiger partial charge is 0.429 e. The van der Waals surface area contributed by atoms with E-state index in [4.69, 9.17) is 16.6 Å². The van der Waals surface area contributed by atoms with Crippen LogP contribution in [0.15, 0.2) is 28.0 Å². The molecule has 0 aliphatic carbocycles. The van der Waals surface area contributed by atoms with Crippen LogP contribution in [0.5, 0.6) is 0 Å². The Labute approximate surface area is 160 Å². The number of nitrogens with one attached hydrogen (secondary N) is 2. The van der Waals surface area contributed by atoms with Crippen molar-refractivity contribution < 1.29 is 9.21 Å². The fourth-order valence-electron chi connectivity index (χ4n) is 3.36. The predicted octanol–water partition coefficient (Wildman–Crippen LogP) is 4.43. The van der Waals surface area contributed by atoms with Crippen molar-refractivity contribution >= 4 is 45.7 Å². The van der Waals surface area contributed by atoms with E-state index in [1.807, 2.05) is 5.38 Å². The Morgan fingerprint density at radius 1 is 1.54 bits per heavy atom. The molecule has 3 heterocycles. The maximum Gasteiger partial charge on any atom is 0.266 e. The number of thiazole rings is 1. The van der Waals surface area contributed by atoms with Crippen molar-refractivity contribution in [2.75, 3.05) is 18.4 Å². The van der Waals surface area contributed by atoms with Crippen molar-refractivity contribution in [1.82, 2.24) is 14.9 Å². The summed E-state index contributed by atoms with van der Waals surface area (Å²) in [5.41, 5.74) is 2.89. The zero-order valence-electron chi connectivity index (χ0n) is 14.4. The van der Waals surface area contributed by atoms with Gasteiger partial charge in [-0.3, -0.25) is 15.0 Å². The highest BCUT2D eigenvalue weighted by Gasteiger charge is 2.18. The van der Waals surface area contributed by atoms with E-state index in [9.17, 15) is 4.79 Å². The van der Waals surface area contributed by atoms with Gasteiger partial charge in [0.25, 0.3) is 10.7 Å². The number of aromatic nitrogens is 2. The van der Waals surface area contributed by atoms with Crippen LogP contribution in [-0.4, -0.2) is 33.9 Å². The van der Waals surface area contributed by atoms with Crippen molar-refractivity contribution in [2.24, 2.45) is 5.92 Å². The minimum atomic E-state index is -0.195. The Morgan fingerprint density at radius 2 is 2.42 bits per heavy atom. The first-order chi connectivity index (χ1) is 12.6. The molecular formula is C18H20N4O2S2. The van der Waals surface area contributed by atoms with Crippen molar-refractivity contribution in [3.05, 3.63) is 39.7 Å². The minimum Gasteiger partial charge on any atom is -0.429 e. The molecule has 1 unspecified atom stereocenters. The second-order valence-electron chi connectivity index (χ2n) is 6.81. The van der Waals surface area contributed by atoms with Gasteiger partial charge in [0, 0.05) is 24.0 Å². The number of H-pyrrole nitrogens is 1. The number of piperidine rings is 1. The van der Waals surface area contributed by atoms with Gasteiger partial charge >= 0.3 is 0 Å². The van der Waals surface area contributed by atoms with E-state index in [1.165, 1.54) is 24.2 Å². The van der Waals surface area contributed by atoms with Crippen LogP contribution in [0, 0.1) is 10.8 Å². The van der Waals surface area contributed by atoms with Gasteiger partial charge in [0.05, 0.1) is 11.2 Å². The highest BCUT2D eigenvalue weighted by molar-refractivity contribution is 7.71. The molecule has 0 radical (unpaired) electrons. The summed E-state index contributed by atoms with van der Waals surface area (Å²) in [7, 11) is 0. The van der Waals surface area contributed by atoms with Gasteiger partial charge in [0.2, 0.25) is 0 Å². The Hall–Kier alpha value is -2.03. The molecule has 1 amide bonds. The van der Waals surface area contributed by atoms with Crippen molar-refractivity contribution in [3.63, 3.8) is 0 Å². The average Bonchev–Trinajstić information content (AvgIpc) is 3.19. The number of carbonyl (C=O) groups is 1. The van der Waals surface area contributed by atoms with E-state index in [-0.39, 0.29) is 5.91 Å². The topological polar surface area (TPSA) is 74.2 Å². The van der Waals surface area contributed by atoms with Gasteiger partial charge in [-0.05, 0) is 55.7 Å². The molecule has 136 valence electrons. The average molecular weight is 389 g/mol. The lowest BCUT2D eigenvalue weighted by atomic mass is 10.0. The predicted molar refractivity (Wildman–Crippen MR) is 105 cm³/mol. The lowest BCUT2D eigenvalue weighted by Crippen LogP contribution is -2.33. The zero-order chi connectivity index (χ0) is 18.1. The fraction of sp³-hybridized carbons (Fsp3) is 0.389. The lowest BCUT2D eigenvalue weighted by Gasteiger charge is -2.30. The normalized spacial score (nSPS) is 18.3. The molecule has 1 aliphatic rings. The third kappa shape index (κ3) is 3.87. The molecule has 1 saturated heterocycles. The minimum absolute atomic E-state index is 0.195. The van der Waals surface area contributed by atoms with Crippen LogP contribution < -0.4 is 5.32 Å². The Kier molecular flexibility index (Phi) is 4.88. The maximum atomic E-state index is 12.5. The van der Waals surface area contributed by atoms with E-state index in [2.05, 4.69) is 27.1 Å². The molecule has 2 aromatic heterocycles. The molecule has 0 saturated carbocycles. The molecule has 0 bridgehead atoms. The number of oxazole rings is 1. The van der Waals surface area contributed by atoms with E-state index < -0.39 is 0 Å². The second-order valence-corrected chi connectivity index (χ2v) is 8.03. The number of fused-ring (bicyclic) bond motifs is 1. The molecule has 1 atom stereocenters. The highest BCUT2D eigenvalue weighted by atomic mass is 32.1. The molecule has 1 aromatic carbocycles. The molecular weight excluding hydrogens is 368 g/mol. The van der Waals surface area contributed by atoms with Gasteiger partial charge in [-0.2, -0.15) is 0 Å². The van der Waals surface area contributed by atoms with Crippen molar-refractivity contribution in [1.29, 1.82) is 0 Å². The summed E-state index contributed by atoms with van der Waals surface area (Å²) in [5, 5.41) is 5.52. The number of anilines is 1. The van der Waals surface area contributed by atoms with Crippen LogP contribution in [0.4, 0.5) is 5.13 Å². The molecule has 26 heavy (non-hydrogen) atoms. The van der Waals surface area contributed by atoms with Crippen LogP contribution in [0.25, 0.3) is 11.1 Å². The van der Waals surface area contributed by atoms with Gasteiger partial charge in [-0.15, -0.1) is 11.3 Å². The maximum absolute atomic E-state index is 12.5. The quantitative estimate of drug-likeness (QED) is 0.647. The van der Waals surface area contributed by atoms with E-state index in [0.29, 0.717) is 26.6 Å². The summed E-state index contributed by atoms with van der Waals surface area (Å²) in [4.78, 5) is 22.7. The Balaban J connectivity index is 1.42. The first-order valence-electron chi connectivity index (χ1n) is 8.68. The van der Waals surface area contributed by atoms with Gasteiger partial charge in [0.1, 0.15) is 0 Å². The van der Waals surface area contributed by atoms with Crippen LogP contribution in [0.2, 0.25) is 0 Å². The summed E-state index contributed by atoms with van der Waals surface area (Å²) in [6.07, 6.45) is 2.55. The fourth-order valence-corrected chi connectivity index (χ4v) is 4.26. The monoisotopic (exact) mass is 388 g/mol. The second kappa shape index (κ2) is 7.30. The molecule has 8 heteroatoms. The standard InChI is InChI=1S/C18H20N4O2S2/c1-11-3-2-6-22(8-11)9-13-10-26-17(19-13)21-16(23)12-4-5-15-14(7-12)20-18(25)24-15/h4-5,7,10-11H,2-3,6,8-9H2,1H3,(H,20,25)(H,19,21,23). The third-order valence-corrected chi connectivity index (χ3v) is 5.57. The van der Waals surface area contributed by atoms with E-state index in [0.717, 1.165) is 31.2 Å². The van der Waals surface area contributed by atoms with Crippen LogP contribution in [-0.2, 0) is 6.54 Å². The van der Waals surface area contributed by atoms with Crippen molar-refractivity contribution in [3.8, 4) is 0 Å². The van der Waals surface area contributed by atoms with E-state index >= 15 is 0 Å². The number of amides is 1. The number of aromatic amines is 1. The first-order valence-corrected chi connectivity index (χ1v) is 9.96. The van der Waals surface area contributed by atoms with Gasteiger partial charge in [0.15, 0.2) is 10.7 Å². The summed E-state index contributed by atoms with van der Waals surface area (Å²) in [5.74, 6) is 0.548. The van der Waals surface area contributed by atoms with Crippen LogP contribution in [0.3, 0.4) is 0 Å². The number of carbonyl (C=O) groups excluding carboxylic acids is 1. The first kappa shape index (κ1) is 17.4. The Bertz CT molecular complexity index is 990. The smallest absolute Gasteiger partial charge is 0.266 e.